The molecule has 1 aliphatic carbocycles. The van der Waals surface area contributed by atoms with E-state index in [0.29, 0.717) is 43.3 Å². The number of aromatic amines is 1. The number of nitrogens with one attached hydrogen (secondary N) is 2. The lowest BCUT2D eigenvalue weighted by atomic mass is 10.1. The lowest BCUT2D eigenvalue weighted by Crippen LogP contribution is -2.55. The Morgan fingerprint density at radius 3 is 2.56 bits per heavy atom. The topological polar surface area (TPSA) is 85.5 Å². The fraction of sp³-hybridized carbons (Fsp3) is 0.450. The quantitative estimate of drug-likeness (QED) is 0.842. The average Bonchev–Trinajstić information content (AvgIpc) is 3.50. The largest absolute Gasteiger partial charge is 0.352 e. The summed E-state index contributed by atoms with van der Waals surface area (Å²) in [6.07, 6.45) is 2.15. The van der Waals surface area contributed by atoms with Gasteiger partial charge in [-0.05, 0) is 25.8 Å². The molecule has 2 aromatic rings. The van der Waals surface area contributed by atoms with Crippen LogP contribution in [0.3, 0.4) is 0 Å². The zero-order valence-electron chi connectivity index (χ0n) is 15.4. The Balaban J connectivity index is 1.44. The average molecular weight is 368 g/mol. The summed E-state index contributed by atoms with van der Waals surface area (Å²) in [6.45, 7) is 4.29. The number of carbonyl (C=O) groups excluding carboxylic acids is 2. The number of hydrogen-bond donors (Lipinski definition) is 2. The van der Waals surface area contributed by atoms with Crippen LogP contribution in [0, 0.1) is 0 Å². The predicted molar refractivity (Wildman–Crippen MR) is 103 cm³/mol. The molecule has 2 heterocycles. The number of H-pyrrole nitrogens is 1. The molecular weight excluding hydrogens is 344 g/mol. The monoisotopic (exact) mass is 368 g/mol. The first-order chi connectivity index (χ1) is 13.0. The van der Waals surface area contributed by atoms with E-state index in [0.717, 1.165) is 18.2 Å². The van der Waals surface area contributed by atoms with Gasteiger partial charge in [0.05, 0.1) is 11.6 Å². The minimum atomic E-state index is -0.277. The summed E-state index contributed by atoms with van der Waals surface area (Å²) in [6, 6.07) is 8.87. The molecule has 0 bridgehead atoms. The van der Waals surface area contributed by atoms with Crippen molar-refractivity contribution in [2.75, 3.05) is 26.2 Å². The van der Waals surface area contributed by atoms with Gasteiger partial charge in [-0.2, -0.15) is 0 Å². The Morgan fingerprint density at radius 2 is 1.85 bits per heavy atom. The fourth-order valence-electron chi connectivity index (χ4n) is 3.58. The van der Waals surface area contributed by atoms with Gasteiger partial charge in [0.25, 0.3) is 5.91 Å². The number of amides is 2. The zero-order chi connectivity index (χ0) is 19.0. The second-order valence-electron chi connectivity index (χ2n) is 7.38. The number of para-hydroxylation sites is 1. The van der Waals surface area contributed by atoms with E-state index in [2.05, 4.69) is 15.2 Å². The number of piperazine rings is 1. The minimum Gasteiger partial charge on any atom is -0.352 e. The molecule has 7 heteroatoms. The SMILES string of the molecule is CC(C(=O)NC1CC1)N1CCN(C(=O)c2cc(=O)[nH]c3ccccc23)CC1. The highest BCUT2D eigenvalue weighted by Gasteiger charge is 2.31. The maximum Gasteiger partial charge on any atom is 0.254 e. The number of benzene rings is 1. The smallest absolute Gasteiger partial charge is 0.254 e. The second-order valence-corrected chi connectivity index (χ2v) is 7.38. The van der Waals surface area contributed by atoms with Crippen molar-refractivity contribution in [1.82, 2.24) is 20.1 Å². The number of fused-ring (bicyclic) bond motifs is 1. The van der Waals surface area contributed by atoms with Gasteiger partial charge in [0, 0.05) is 49.2 Å². The Hall–Kier alpha value is -2.67. The van der Waals surface area contributed by atoms with Crippen molar-refractivity contribution in [3.63, 3.8) is 0 Å². The van der Waals surface area contributed by atoms with Gasteiger partial charge in [0.15, 0.2) is 0 Å². The van der Waals surface area contributed by atoms with Crippen LogP contribution >= 0.6 is 0 Å². The summed E-state index contributed by atoms with van der Waals surface area (Å²) in [5.41, 5.74) is 0.820. The number of nitrogens with zero attached hydrogens (tertiary/aromatic N) is 2. The zero-order valence-corrected chi connectivity index (χ0v) is 15.4. The molecule has 27 heavy (non-hydrogen) atoms. The van der Waals surface area contributed by atoms with Crippen LogP contribution in [0.1, 0.15) is 30.1 Å². The van der Waals surface area contributed by atoms with Crippen molar-refractivity contribution in [1.29, 1.82) is 0 Å². The molecule has 142 valence electrons. The molecule has 0 radical (unpaired) electrons. The summed E-state index contributed by atoms with van der Waals surface area (Å²) in [5, 5.41) is 3.79. The van der Waals surface area contributed by atoms with Crippen molar-refractivity contribution in [3.8, 4) is 0 Å². The lowest BCUT2D eigenvalue weighted by molar-refractivity contribution is -0.126. The normalized spacial score (nSPS) is 19.1. The highest BCUT2D eigenvalue weighted by molar-refractivity contribution is 6.06. The minimum absolute atomic E-state index is 0.0675. The van der Waals surface area contributed by atoms with E-state index in [1.165, 1.54) is 6.07 Å². The molecule has 4 rings (SSSR count). The van der Waals surface area contributed by atoms with E-state index < -0.39 is 0 Å². The molecule has 1 atom stereocenters. The molecule has 1 aromatic heterocycles. The van der Waals surface area contributed by atoms with Crippen LogP contribution in [0.15, 0.2) is 35.1 Å². The van der Waals surface area contributed by atoms with Crippen molar-refractivity contribution in [2.24, 2.45) is 0 Å². The van der Waals surface area contributed by atoms with E-state index in [-0.39, 0.29) is 23.4 Å². The summed E-state index contributed by atoms with van der Waals surface area (Å²) >= 11 is 0. The van der Waals surface area contributed by atoms with Gasteiger partial charge in [0.1, 0.15) is 0 Å². The molecule has 1 saturated carbocycles. The third-order valence-corrected chi connectivity index (χ3v) is 5.43. The summed E-state index contributed by atoms with van der Waals surface area (Å²) in [5.74, 6) is -0.0649. The van der Waals surface area contributed by atoms with Gasteiger partial charge in [-0.15, -0.1) is 0 Å². The highest BCUT2D eigenvalue weighted by atomic mass is 16.2. The third-order valence-electron chi connectivity index (χ3n) is 5.43. The van der Waals surface area contributed by atoms with Gasteiger partial charge >= 0.3 is 0 Å². The standard InChI is InChI=1S/C20H24N4O3/c1-13(19(26)21-14-6-7-14)23-8-10-24(11-9-23)20(27)16-12-18(25)22-17-5-3-2-4-15(16)17/h2-5,12-14H,6-11H2,1H3,(H,21,26)(H,22,25). The van der Waals surface area contributed by atoms with Gasteiger partial charge in [-0.25, -0.2) is 0 Å². The molecule has 2 aliphatic rings. The molecule has 1 unspecified atom stereocenters. The molecule has 0 spiro atoms. The summed E-state index contributed by atoms with van der Waals surface area (Å²) in [4.78, 5) is 43.8. The Bertz CT molecular complexity index is 926. The fourth-order valence-corrected chi connectivity index (χ4v) is 3.58. The maximum absolute atomic E-state index is 13.0. The van der Waals surface area contributed by atoms with E-state index in [1.807, 2.05) is 25.1 Å². The van der Waals surface area contributed by atoms with Crippen LogP contribution < -0.4 is 10.9 Å². The predicted octanol–water partition coefficient (Wildman–Crippen LogP) is 0.953. The van der Waals surface area contributed by atoms with E-state index >= 15 is 0 Å². The van der Waals surface area contributed by atoms with Crippen LogP contribution in [-0.2, 0) is 4.79 Å². The van der Waals surface area contributed by atoms with Crippen LogP contribution in [0.5, 0.6) is 0 Å². The molecule has 7 nitrogen and oxygen atoms in total. The molecule has 1 aromatic carbocycles. The van der Waals surface area contributed by atoms with Crippen molar-refractivity contribution in [2.45, 2.75) is 31.8 Å². The Labute approximate surface area is 157 Å². The van der Waals surface area contributed by atoms with E-state index in [1.54, 1.807) is 11.0 Å². The van der Waals surface area contributed by atoms with Crippen molar-refractivity contribution < 1.29 is 9.59 Å². The second kappa shape index (κ2) is 7.15. The summed E-state index contributed by atoms with van der Waals surface area (Å²) < 4.78 is 0. The molecule has 2 fully saturated rings. The first kappa shape index (κ1) is 17.7. The first-order valence-corrected chi connectivity index (χ1v) is 9.48. The van der Waals surface area contributed by atoms with Crippen LogP contribution in [0.25, 0.3) is 10.9 Å². The number of aromatic nitrogens is 1. The first-order valence-electron chi connectivity index (χ1n) is 9.48. The number of carbonyl (C=O) groups is 2. The third kappa shape index (κ3) is 3.73. The lowest BCUT2D eigenvalue weighted by Gasteiger charge is -2.37. The number of rotatable bonds is 4. The van der Waals surface area contributed by atoms with E-state index in [9.17, 15) is 14.4 Å². The van der Waals surface area contributed by atoms with Crippen LogP contribution in [0.2, 0.25) is 0 Å². The van der Waals surface area contributed by atoms with Gasteiger partial charge in [0.2, 0.25) is 11.5 Å². The van der Waals surface area contributed by atoms with Gasteiger partial charge in [-0.1, -0.05) is 18.2 Å². The molecule has 2 amide bonds. The molecule has 2 N–H and O–H groups in total. The molecule has 1 aliphatic heterocycles. The maximum atomic E-state index is 13.0. The van der Waals surface area contributed by atoms with Crippen LogP contribution in [-0.4, -0.2) is 64.9 Å². The summed E-state index contributed by atoms with van der Waals surface area (Å²) in [7, 11) is 0. The Kier molecular flexibility index (Phi) is 4.70. The number of hydrogen-bond acceptors (Lipinski definition) is 4. The molecule has 1 saturated heterocycles. The van der Waals surface area contributed by atoms with Crippen molar-refractivity contribution in [3.05, 3.63) is 46.2 Å². The molecular formula is C20H24N4O3. The number of pyridine rings is 1. The van der Waals surface area contributed by atoms with Gasteiger partial charge in [-0.3, -0.25) is 19.3 Å². The highest BCUT2D eigenvalue weighted by Crippen LogP contribution is 2.20. The van der Waals surface area contributed by atoms with E-state index in [4.69, 9.17) is 0 Å². The van der Waals surface area contributed by atoms with Crippen molar-refractivity contribution >= 4 is 22.7 Å². The van der Waals surface area contributed by atoms with Gasteiger partial charge < -0.3 is 15.2 Å². The van der Waals surface area contributed by atoms with Crippen LogP contribution in [0.4, 0.5) is 0 Å². The Morgan fingerprint density at radius 1 is 1.15 bits per heavy atom.